The first-order valence-corrected chi connectivity index (χ1v) is 6.81. The van der Waals surface area contributed by atoms with Gasteiger partial charge in [0.2, 0.25) is 0 Å². The van der Waals surface area contributed by atoms with Crippen LogP contribution < -0.4 is 5.32 Å². The number of nitrogens with zero attached hydrogens (tertiary/aromatic N) is 2. The largest absolute Gasteiger partial charge is 0.339 e. The van der Waals surface area contributed by atoms with Gasteiger partial charge in [-0.2, -0.15) is 0 Å². The number of rotatable bonds is 6. The zero-order chi connectivity index (χ0) is 14.4. The van der Waals surface area contributed by atoms with Crippen molar-refractivity contribution in [1.82, 2.24) is 14.8 Å². The highest BCUT2D eigenvalue weighted by atomic mass is 16.2. The number of hydrogen-bond donors (Lipinski definition) is 1. The van der Waals surface area contributed by atoms with E-state index in [-0.39, 0.29) is 5.91 Å². The fourth-order valence-corrected chi connectivity index (χ4v) is 2.10. The number of amides is 1. The van der Waals surface area contributed by atoms with Crippen LogP contribution in [0.1, 0.15) is 16.1 Å². The number of likely N-dealkylation sites (N-methyl/N-ethyl adjacent to an activating group) is 2. The van der Waals surface area contributed by atoms with Crippen LogP contribution in [0.25, 0.3) is 0 Å². The lowest BCUT2D eigenvalue weighted by Crippen LogP contribution is -2.34. The number of benzene rings is 1. The molecule has 0 saturated heterocycles. The molecule has 4 nitrogen and oxygen atoms in total. The molecule has 1 aromatic carbocycles. The van der Waals surface area contributed by atoms with Crippen LogP contribution in [0.4, 0.5) is 0 Å². The second kappa shape index (κ2) is 6.91. The van der Waals surface area contributed by atoms with E-state index >= 15 is 0 Å². The van der Waals surface area contributed by atoms with Crippen molar-refractivity contribution < 1.29 is 4.79 Å². The van der Waals surface area contributed by atoms with Crippen molar-refractivity contribution in [3.63, 3.8) is 0 Å². The van der Waals surface area contributed by atoms with Gasteiger partial charge in [0.05, 0.1) is 0 Å². The molecule has 1 aromatic heterocycles. The first kappa shape index (κ1) is 14.3. The van der Waals surface area contributed by atoms with Gasteiger partial charge in [-0.05, 0) is 24.7 Å². The molecule has 0 atom stereocenters. The number of carbonyl (C=O) groups excluding carboxylic acids is 1. The summed E-state index contributed by atoms with van der Waals surface area (Å²) in [4.78, 5) is 14.1. The molecule has 1 N–H and O–H groups in total. The van der Waals surface area contributed by atoms with Crippen molar-refractivity contribution in [2.45, 2.75) is 6.54 Å². The maximum Gasteiger partial charge on any atom is 0.270 e. The third-order valence-electron chi connectivity index (χ3n) is 3.29. The number of hydrogen-bond acceptors (Lipinski definition) is 2. The molecule has 2 rings (SSSR count). The fourth-order valence-electron chi connectivity index (χ4n) is 2.10. The molecule has 0 spiro atoms. The van der Waals surface area contributed by atoms with Crippen LogP contribution >= 0.6 is 0 Å². The second-order valence-corrected chi connectivity index (χ2v) is 4.84. The maximum absolute atomic E-state index is 12.4. The SMILES string of the molecule is CNCCN(C)C(=O)c1cccn1Cc1ccccc1. The van der Waals surface area contributed by atoms with E-state index in [1.54, 1.807) is 4.90 Å². The molecule has 0 aliphatic carbocycles. The van der Waals surface area contributed by atoms with E-state index in [0.717, 1.165) is 18.8 Å². The Labute approximate surface area is 120 Å². The van der Waals surface area contributed by atoms with Crippen LogP contribution in [0, 0.1) is 0 Å². The third kappa shape index (κ3) is 3.48. The summed E-state index contributed by atoms with van der Waals surface area (Å²) in [6, 6.07) is 14.0. The Balaban J connectivity index is 2.10. The van der Waals surface area contributed by atoms with Gasteiger partial charge in [0.15, 0.2) is 0 Å². The minimum absolute atomic E-state index is 0.0566. The van der Waals surface area contributed by atoms with Gasteiger partial charge in [0.25, 0.3) is 5.91 Å². The number of carbonyl (C=O) groups is 1. The molecule has 1 heterocycles. The Bertz CT molecular complexity index is 548. The summed E-state index contributed by atoms with van der Waals surface area (Å²) in [5, 5.41) is 3.05. The molecule has 106 valence electrons. The first-order chi connectivity index (χ1) is 9.72. The zero-order valence-electron chi connectivity index (χ0n) is 12.0. The van der Waals surface area contributed by atoms with Crippen molar-refractivity contribution in [2.75, 3.05) is 27.2 Å². The smallest absolute Gasteiger partial charge is 0.270 e. The highest BCUT2D eigenvalue weighted by Crippen LogP contribution is 2.09. The average Bonchev–Trinajstić information content (AvgIpc) is 2.93. The van der Waals surface area contributed by atoms with Crippen molar-refractivity contribution in [1.29, 1.82) is 0 Å². The van der Waals surface area contributed by atoms with Gasteiger partial charge >= 0.3 is 0 Å². The van der Waals surface area contributed by atoms with E-state index in [2.05, 4.69) is 17.4 Å². The van der Waals surface area contributed by atoms with Crippen LogP contribution in [0.5, 0.6) is 0 Å². The molecule has 0 aliphatic rings. The van der Waals surface area contributed by atoms with Crippen molar-refractivity contribution in [3.8, 4) is 0 Å². The molecule has 20 heavy (non-hydrogen) atoms. The summed E-state index contributed by atoms with van der Waals surface area (Å²) >= 11 is 0. The molecule has 0 fully saturated rings. The lowest BCUT2D eigenvalue weighted by Gasteiger charge is -2.18. The molecule has 4 heteroatoms. The molecule has 1 amide bonds. The van der Waals surface area contributed by atoms with E-state index < -0.39 is 0 Å². The van der Waals surface area contributed by atoms with Crippen LogP contribution in [0.3, 0.4) is 0 Å². The summed E-state index contributed by atoms with van der Waals surface area (Å²) < 4.78 is 1.99. The monoisotopic (exact) mass is 271 g/mol. The molecular formula is C16H21N3O. The minimum Gasteiger partial charge on any atom is -0.339 e. The third-order valence-corrected chi connectivity index (χ3v) is 3.29. The Kier molecular flexibility index (Phi) is 4.96. The standard InChI is InChI=1S/C16H21N3O/c1-17-10-12-18(2)16(20)15-9-6-11-19(15)13-14-7-4-3-5-8-14/h3-9,11,17H,10,12-13H2,1-2H3. The van der Waals surface area contributed by atoms with Crippen LogP contribution in [-0.4, -0.2) is 42.6 Å². The summed E-state index contributed by atoms with van der Waals surface area (Å²) in [6.45, 7) is 2.21. The normalized spacial score (nSPS) is 10.5. The van der Waals surface area contributed by atoms with Crippen molar-refractivity contribution >= 4 is 5.91 Å². The van der Waals surface area contributed by atoms with E-state index in [1.165, 1.54) is 5.56 Å². The fraction of sp³-hybridized carbons (Fsp3) is 0.312. The Hall–Kier alpha value is -2.07. The number of aromatic nitrogens is 1. The van der Waals surface area contributed by atoms with E-state index in [4.69, 9.17) is 0 Å². The highest BCUT2D eigenvalue weighted by Gasteiger charge is 2.15. The maximum atomic E-state index is 12.4. The van der Waals surface area contributed by atoms with Crippen molar-refractivity contribution in [3.05, 3.63) is 59.9 Å². The Morgan fingerprint density at radius 1 is 1.20 bits per heavy atom. The quantitative estimate of drug-likeness (QED) is 0.870. The van der Waals surface area contributed by atoms with E-state index in [1.807, 2.05) is 55.2 Å². The first-order valence-electron chi connectivity index (χ1n) is 6.81. The van der Waals surface area contributed by atoms with Gasteiger partial charge in [0, 0.05) is 32.9 Å². The van der Waals surface area contributed by atoms with Gasteiger partial charge < -0.3 is 14.8 Å². The van der Waals surface area contributed by atoms with Gasteiger partial charge in [-0.1, -0.05) is 30.3 Å². The van der Waals surface area contributed by atoms with Gasteiger partial charge in [-0.3, -0.25) is 4.79 Å². The summed E-state index contributed by atoms with van der Waals surface area (Å²) in [5.74, 6) is 0.0566. The number of nitrogens with one attached hydrogen (secondary N) is 1. The van der Waals surface area contributed by atoms with E-state index in [0.29, 0.717) is 6.54 Å². The summed E-state index contributed by atoms with van der Waals surface area (Å²) in [6.07, 6.45) is 1.95. The Morgan fingerprint density at radius 3 is 2.65 bits per heavy atom. The molecule has 0 bridgehead atoms. The topological polar surface area (TPSA) is 37.3 Å². The van der Waals surface area contributed by atoms with Crippen molar-refractivity contribution in [2.24, 2.45) is 0 Å². The summed E-state index contributed by atoms with van der Waals surface area (Å²) in [5.41, 5.74) is 1.92. The minimum atomic E-state index is 0.0566. The predicted octanol–water partition coefficient (Wildman–Crippen LogP) is 1.83. The molecule has 0 radical (unpaired) electrons. The molecular weight excluding hydrogens is 250 g/mol. The Morgan fingerprint density at radius 2 is 1.95 bits per heavy atom. The lowest BCUT2D eigenvalue weighted by atomic mass is 10.2. The molecule has 0 saturated carbocycles. The molecule has 2 aromatic rings. The van der Waals surface area contributed by atoms with E-state index in [9.17, 15) is 4.79 Å². The van der Waals surface area contributed by atoms with Crippen LogP contribution in [-0.2, 0) is 6.54 Å². The average molecular weight is 271 g/mol. The highest BCUT2D eigenvalue weighted by molar-refractivity contribution is 5.92. The molecule has 0 unspecified atom stereocenters. The summed E-state index contributed by atoms with van der Waals surface area (Å²) in [7, 11) is 3.72. The zero-order valence-corrected chi connectivity index (χ0v) is 12.0. The second-order valence-electron chi connectivity index (χ2n) is 4.84. The predicted molar refractivity (Wildman–Crippen MR) is 80.9 cm³/mol. The van der Waals surface area contributed by atoms with Gasteiger partial charge in [-0.15, -0.1) is 0 Å². The molecule has 0 aliphatic heterocycles. The van der Waals surface area contributed by atoms with Crippen LogP contribution in [0.15, 0.2) is 48.7 Å². The van der Waals surface area contributed by atoms with Gasteiger partial charge in [0.1, 0.15) is 5.69 Å². The lowest BCUT2D eigenvalue weighted by molar-refractivity contribution is 0.0786. The van der Waals surface area contributed by atoms with Crippen LogP contribution in [0.2, 0.25) is 0 Å². The van der Waals surface area contributed by atoms with Gasteiger partial charge in [-0.25, -0.2) is 0 Å².